The number of imidazole rings is 1. The van der Waals surface area contributed by atoms with Crippen molar-refractivity contribution < 1.29 is 0 Å². The fraction of sp³-hybridized carbons (Fsp3) is 0.600. The lowest BCUT2D eigenvalue weighted by molar-refractivity contribution is 0.255. The molecule has 3 rings (SSSR count). The number of aryl methyl sites for hydroxylation is 1. The number of fused-ring (bicyclic) bond motifs is 1. The van der Waals surface area contributed by atoms with Gasteiger partial charge in [-0.1, -0.05) is 0 Å². The van der Waals surface area contributed by atoms with Gasteiger partial charge in [0, 0.05) is 52.5 Å². The maximum atomic E-state index is 4.50. The molecule has 0 spiro atoms. The molecule has 0 radical (unpaired) electrons. The molecule has 0 amide bonds. The molecule has 1 aliphatic rings. The van der Waals surface area contributed by atoms with Crippen molar-refractivity contribution in [3.05, 3.63) is 29.3 Å². The molecule has 21 heavy (non-hydrogen) atoms. The molecular weight excluding hydrogens is 264 g/mol. The van der Waals surface area contributed by atoms with Gasteiger partial charge in [0.15, 0.2) is 0 Å². The maximum absolute atomic E-state index is 4.50. The van der Waals surface area contributed by atoms with Crippen LogP contribution in [0.4, 0.5) is 5.95 Å². The molecule has 0 fully saturated rings. The number of aromatic nitrogens is 4. The van der Waals surface area contributed by atoms with Gasteiger partial charge >= 0.3 is 0 Å². The predicted octanol–water partition coefficient (Wildman–Crippen LogP) is 1.17. The first-order valence-electron chi connectivity index (χ1n) is 7.46. The van der Waals surface area contributed by atoms with Crippen LogP contribution in [-0.2, 0) is 33.6 Å². The fourth-order valence-electron chi connectivity index (χ4n) is 3.11. The molecule has 0 unspecified atom stereocenters. The third-order valence-corrected chi connectivity index (χ3v) is 4.28. The van der Waals surface area contributed by atoms with Crippen molar-refractivity contribution in [1.82, 2.24) is 24.2 Å². The van der Waals surface area contributed by atoms with Crippen LogP contribution >= 0.6 is 0 Å². The maximum Gasteiger partial charge on any atom is 0.204 e. The Morgan fingerprint density at radius 1 is 1.24 bits per heavy atom. The lowest BCUT2D eigenvalue weighted by Crippen LogP contribution is -2.24. The summed E-state index contributed by atoms with van der Waals surface area (Å²) in [5.41, 5.74) is 4.01. The van der Waals surface area contributed by atoms with E-state index in [9.17, 15) is 0 Å². The first kappa shape index (κ1) is 14.1. The Morgan fingerprint density at radius 2 is 2.05 bits per heavy atom. The van der Waals surface area contributed by atoms with Gasteiger partial charge in [0.2, 0.25) is 5.95 Å². The lowest BCUT2D eigenvalue weighted by Gasteiger charge is -2.20. The quantitative estimate of drug-likeness (QED) is 0.850. The van der Waals surface area contributed by atoms with Crippen molar-refractivity contribution in [2.75, 3.05) is 25.5 Å². The molecule has 6 nitrogen and oxygen atoms in total. The summed E-state index contributed by atoms with van der Waals surface area (Å²) in [6.07, 6.45) is 6.31. The molecular formula is C15H24N6. The van der Waals surface area contributed by atoms with Gasteiger partial charge in [0.25, 0.3) is 0 Å². The predicted molar refractivity (Wildman–Crippen MR) is 83.2 cm³/mol. The van der Waals surface area contributed by atoms with E-state index in [0.29, 0.717) is 0 Å². The lowest BCUT2D eigenvalue weighted by atomic mass is 10.2. The van der Waals surface area contributed by atoms with Gasteiger partial charge in [-0.15, -0.1) is 0 Å². The zero-order chi connectivity index (χ0) is 15.0. The molecule has 0 aromatic carbocycles. The fourth-order valence-corrected chi connectivity index (χ4v) is 3.11. The normalized spacial score (nSPS) is 15.8. The van der Waals surface area contributed by atoms with Crippen LogP contribution in [0.25, 0.3) is 0 Å². The van der Waals surface area contributed by atoms with Crippen molar-refractivity contribution in [3.63, 3.8) is 0 Å². The minimum Gasteiger partial charge on any atom is -0.348 e. The van der Waals surface area contributed by atoms with Crippen molar-refractivity contribution in [2.45, 2.75) is 25.9 Å². The van der Waals surface area contributed by atoms with Gasteiger partial charge in [-0.2, -0.15) is 5.10 Å². The van der Waals surface area contributed by atoms with Gasteiger partial charge < -0.3 is 9.47 Å². The zero-order valence-corrected chi connectivity index (χ0v) is 13.4. The molecule has 0 atom stereocenters. The minimum atomic E-state index is 0.936. The van der Waals surface area contributed by atoms with Gasteiger partial charge in [0.1, 0.15) is 0 Å². The van der Waals surface area contributed by atoms with Crippen LogP contribution in [0.2, 0.25) is 0 Å². The highest BCUT2D eigenvalue weighted by Crippen LogP contribution is 2.20. The summed E-state index contributed by atoms with van der Waals surface area (Å²) in [7, 11) is 8.18. The van der Waals surface area contributed by atoms with Crippen LogP contribution in [0.1, 0.15) is 23.4 Å². The highest BCUT2D eigenvalue weighted by Gasteiger charge is 2.19. The van der Waals surface area contributed by atoms with Crippen molar-refractivity contribution >= 4 is 5.95 Å². The average molecular weight is 288 g/mol. The molecule has 0 aliphatic carbocycles. The molecule has 0 N–H and O–H groups in total. The van der Waals surface area contributed by atoms with E-state index in [4.69, 9.17) is 0 Å². The van der Waals surface area contributed by atoms with E-state index in [0.717, 1.165) is 32.0 Å². The molecule has 1 aliphatic heterocycles. The molecule has 0 saturated heterocycles. The number of hydrogen-bond donors (Lipinski definition) is 0. The number of hydrogen-bond acceptors (Lipinski definition) is 4. The van der Waals surface area contributed by atoms with Gasteiger partial charge in [-0.05, 0) is 19.4 Å². The van der Waals surface area contributed by atoms with Gasteiger partial charge in [0.05, 0.1) is 18.1 Å². The van der Waals surface area contributed by atoms with Crippen LogP contribution in [0, 0.1) is 0 Å². The summed E-state index contributed by atoms with van der Waals surface area (Å²) >= 11 is 0. The van der Waals surface area contributed by atoms with Crippen LogP contribution in [-0.4, -0.2) is 44.9 Å². The smallest absolute Gasteiger partial charge is 0.204 e. The summed E-state index contributed by atoms with van der Waals surface area (Å²) in [6.45, 7) is 3.04. The summed E-state index contributed by atoms with van der Waals surface area (Å²) < 4.78 is 4.20. The summed E-state index contributed by atoms with van der Waals surface area (Å²) in [5, 5.41) is 4.39. The van der Waals surface area contributed by atoms with Gasteiger partial charge in [-0.25, -0.2) is 4.98 Å². The summed E-state index contributed by atoms with van der Waals surface area (Å²) in [5.74, 6) is 1.00. The molecule has 0 bridgehead atoms. The van der Waals surface area contributed by atoms with Gasteiger partial charge in [-0.3, -0.25) is 9.58 Å². The third-order valence-electron chi connectivity index (χ3n) is 4.28. The highest BCUT2D eigenvalue weighted by molar-refractivity contribution is 5.31. The highest BCUT2D eigenvalue weighted by atomic mass is 15.3. The summed E-state index contributed by atoms with van der Waals surface area (Å²) in [4.78, 5) is 9.04. The Balaban J connectivity index is 1.76. The molecule has 2 aromatic heterocycles. The van der Waals surface area contributed by atoms with Crippen molar-refractivity contribution in [2.24, 2.45) is 14.1 Å². The van der Waals surface area contributed by atoms with E-state index >= 15 is 0 Å². The Kier molecular flexibility index (Phi) is 3.71. The van der Waals surface area contributed by atoms with Crippen molar-refractivity contribution in [3.8, 4) is 0 Å². The second-order valence-electron chi connectivity index (χ2n) is 6.06. The van der Waals surface area contributed by atoms with Crippen LogP contribution < -0.4 is 4.90 Å². The largest absolute Gasteiger partial charge is 0.348 e. The monoisotopic (exact) mass is 288 g/mol. The standard InChI is InChI=1S/C15H24N6/c1-18(2)15-16-9-13(19(15)3)11-21-7-5-6-14-12(10-21)8-17-20(14)4/h8-9H,5-7,10-11H2,1-4H3. The topological polar surface area (TPSA) is 42.1 Å². The molecule has 2 aromatic rings. The molecule has 3 heterocycles. The SMILES string of the molecule is CN(C)c1ncc(CN2CCCc3c(cnn3C)C2)n1C. The van der Waals surface area contributed by atoms with E-state index < -0.39 is 0 Å². The van der Waals surface area contributed by atoms with Crippen LogP contribution in [0.15, 0.2) is 12.4 Å². The Labute approximate surface area is 126 Å². The number of anilines is 1. The first-order valence-corrected chi connectivity index (χ1v) is 7.46. The Bertz CT molecular complexity index is 624. The van der Waals surface area contributed by atoms with E-state index in [-0.39, 0.29) is 0 Å². The first-order chi connectivity index (χ1) is 10.1. The van der Waals surface area contributed by atoms with E-state index in [1.807, 2.05) is 43.1 Å². The second-order valence-corrected chi connectivity index (χ2v) is 6.06. The van der Waals surface area contributed by atoms with E-state index in [1.165, 1.54) is 23.4 Å². The number of nitrogens with zero attached hydrogens (tertiary/aromatic N) is 6. The van der Waals surface area contributed by atoms with E-state index in [1.54, 1.807) is 0 Å². The molecule has 0 saturated carbocycles. The average Bonchev–Trinajstić information content (AvgIpc) is 2.88. The molecule has 6 heteroatoms. The van der Waals surface area contributed by atoms with Crippen LogP contribution in [0.5, 0.6) is 0 Å². The Morgan fingerprint density at radius 3 is 2.76 bits per heavy atom. The second kappa shape index (κ2) is 5.52. The van der Waals surface area contributed by atoms with Crippen LogP contribution in [0.3, 0.4) is 0 Å². The Hall–Kier alpha value is -1.82. The summed E-state index contributed by atoms with van der Waals surface area (Å²) in [6, 6.07) is 0. The molecule has 114 valence electrons. The van der Waals surface area contributed by atoms with E-state index in [2.05, 4.69) is 26.6 Å². The van der Waals surface area contributed by atoms with Crippen molar-refractivity contribution in [1.29, 1.82) is 0 Å². The minimum absolute atomic E-state index is 0.936. The number of rotatable bonds is 3. The third kappa shape index (κ3) is 2.68. The zero-order valence-electron chi connectivity index (χ0n) is 13.4.